The zero-order chi connectivity index (χ0) is 7.84. The molecular formula is C5HIN2O2S. The fourth-order valence-corrected chi connectivity index (χ4v) is 1.93. The molecule has 0 spiro atoms. The molecule has 0 amide bonds. The second-order valence-electron chi connectivity index (χ2n) is 1.76. The van der Waals surface area contributed by atoms with Crippen molar-refractivity contribution in [2.75, 3.05) is 0 Å². The van der Waals surface area contributed by atoms with Gasteiger partial charge in [0.1, 0.15) is 0 Å². The molecule has 0 fully saturated rings. The van der Waals surface area contributed by atoms with Crippen LogP contribution >= 0.6 is 33.9 Å². The summed E-state index contributed by atoms with van der Waals surface area (Å²) < 4.78 is 5.06. The normalized spacial score (nSPS) is 10.6. The molecule has 4 nitrogen and oxygen atoms in total. The van der Waals surface area contributed by atoms with Crippen molar-refractivity contribution in [3.05, 3.63) is 19.8 Å². The minimum Gasteiger partial charge on any atom is -0.397 e. The lowest BCUT2D eigenvalue weighted by Gasteiger charge is -1.85. The van der Waals surface area contributed by atoms with E-state index in [1.807, 2.05) is 22.6 Å². The largest absolute Gasteiger partial charge is 0.397 e. The Hall–Kier alpha value is -0.500. The van der Waals surface area contributed by atoms with Gasteiger partial charge in [0.2, 0.25) is 0 Å². The standard InChI is InChI=1S/C5HIN2O2S/c6-5-8-3-2(4(9)10-5)7-1-11-3/h1H. The average Bonchev–Trinajstić information content (AvgIpc) is 2.34. The Balaban J connectivity index is 3.02. The molecule has 0 N–H and O–H groups in total. The van der Waals surface area contributed by atoms with Crippen molar-refractivity contribution < 1.29 is 4.42 Å². The number of aromatic nitrogens is 2. The van der Waals surface area contributed by atoms with Crippen LogP contribution in [0, 0.1) is 3.90 Å². The topological polar surface area (TPSA) is 56.0 Å². The van der Waals surface area contributed by atoms with Crippen LogP contribution in [-0.2, 0) is 0 Å². The van der Waals surface area contributed by atoms with Gasteiger partial charge < -0.3 is 4.42 Å². The van der Waals surface area contributed by atoms with Crippen LogP contribution in [-0.4, -0.2) is 9.97 Å². The van der Waals surface area contributed by atoms with Gasteiger partial charge >= 0.3 is 5.63 Å². The monoisotopic (exact) mass is 280 g/mol. The molecule has 2 rings (SSSR count). The summed E-state index contributed by atoms with van der Waals surface area (Å²) in [5, 5.41) is 0. The van der Waals surface area contributed by atoms with Crippen LogP contribution in [0.1, 0.15) is 0 Å². The third-order valence-electron chi connectivity index (χ3n) is 1.11. The zero-order valence-corrected chi connectivity index (χ0v) is 8.05. The highest BCUT2D eigenvalue weighted by Crippen LogP contribution is 2.11. The van der Waals surface area contributed by atoms with E-state index in [0.717, 1.165) is 0 Å². The molecule has 11 heavy (non-hydrogen) atoms. The van der Waals surface area contributed by atoms with Crippen molar-refractivity contribution in [3.8, 4) is 0 Å². The van der Waals surface area contributed by atoms with Gasteiger partial charge in [0.25, 0.3) is 3.90 Å². The minimum atomic E-state index is -0.416. The van der Waals surface area contributed by atoms with E-state index < -0.39 is 5.63 Å². The first-order valence-corrected chi connectivity index (χ1v) is 4.63. The van der Waals surface area contributed by atoms with Gasteiger partial charge in [-0.3, -0.25) is 0 Å². The molecule has 2 heterocycles. The number of thiazole rings is 1. The molecule has 0 saturated heterocycles. The molecule has 2 aromatic rings. The van der Waals surface area contributed by atoms with E-state index >= 15 is 0 Å². The Kier molecular flexibility index (Phi) is 1.64. The van der Waals surface area contributed by atoms with Crippen molar-refractivity contribution >= 4 is 44.3 Å². The summed E-state index contributed by atoms with van der Waals surface area (Å²) in [5.74, 6) is 0. The number of nitrogens with zero attached hydrogens (tertiary/aromatic N) is 2. The van der Waals surface area contributed by atoms with Crippen molar-refractivity contribution in [3.63, 3.8) is 0 Å². The molecule has 0 aromatic carbocycles. The summed E-state index contributed by atoms with van der Waals surface area (Å²) in [7, 11) is 0. The first-order chi connectivity index (χ1) is 5.27. The van der Waals surface area contributed by atoms with Gasteiger partial charge in [0.05, 0.1) is 5.51 Å². The Morgan fingerprint density at radius 1 is 1.64 bits per heavy atom. The van der Waals surface area contributed by atoms with Gasteiger partial charge in [-0.1, -0.05) is 0 Å². The van der Waals surface area contributed by atoms with Gasteiger partial charge in [0, 0.05) is 22.6 Å². The van der Waals surface area contributed by atoms with Crippen molar-refractivity contribution in [1.82, 2.24) is 9.97 Å². The molecular weight excluding hydrogens is 279 g/mol. The highest BCUT2D eigenvalue weighted by molar-refractivity contribution is 14.1. The molecule has 0 radical (unpaired) electrons. The first kappa shape index (κ1) is 7.17. The number of hydrogen-bond acceptors (Lipinski definition) is 5. The number of halogens is 1. The van der Waals surface area contributed by atoms with E-state index in [-0.39, 0.29) is 0 Å². The summed E-state index contributed by atoms with van der Waals surface area (Å²) in [5.41, 5.74) is 1.47. The Labute approximate surface area is 78.4 Å². The van der Waals surface area contributed by atoms with Crippen LogP contribution in [0.15, 0.2) is 14.7 Å². The van der Waals surface area contributed by atoms with Crippen LogP contribution in [0.25, 0.3) is 10.3 Å². The predicted octanol–water partition coefficient (Wildman–Crippen LogP) is 1.25. The summed E-state index contributed by atoms with van der Waals surface area (Å²) in [6.45, 7) is 0. The lowest BCUT2D eigenvalue weighted by Crippen LogP contribution is -2.01. The molecule has 0 aliphatic carbocycles. The number of hydrogen-bond donors (Lipinski definition) is 0. The van der Waals surface area contributed by atoms with Crippen LogP contribution in [0.4, 0.5) is 0 Å². The maximum absolute atomic E-state index is 11.0. The highest BCUT2D eigenvalue weighted by atomic mass is 127. The molecule has 0 aliphatic heterocycles. The molecule has 0 atom stereocenters. The first-order valence-electron chi connectivity index (χ1n) is 2.67. The van der Waals surface area contributed by atoms with Gasteiger partial charge in [-0.15, -0.1) is 11.3 Å². The Morgan fingerprint density at radius 2 is 2.45 bits per heavy atom. The predicted molar refractivity (Wildman–Crippen MR) is 48.7 cm³/mol. The highest BCUT2D eigenvalue weighted by Gasteiger charge is 2.05. The van der Waals surface area contributed by atoms with Crippen LogP contribution in [0.3, 0.4) is 0 Å². The van der Waals surface area contributed by atoms with Gasteiger partial charge in [-0.05, 0) is 0 Å². The maximum atomic E-state index is 11.0. The van der Waals surface area contributed by atoms with E-state index in [1.165, 1.54) is 11.3 Å². The molecule has 6 heteroatoms. The Morgan fingerprint density at radius 3 is 3.27 bits per heavy atom. The molecule has 0 unspecified atom stereocenters. The van der Waals surface area contributed by atoms with E-state index in [4.69, 9.17) is 4.42 Å². The van der Waals surface area contributed by atoms with Crippen molar-refractivity contribution in [1.29, 1.82) is 0 Å². The van der Waals surface area contributed by atoms with Crippen molar-refractivity contribution in [2.45, 2.75) is 0 Å². The summed E-state index contributed by atoms with van der Waals surface area (Å²) in [6.07, 6.45) is 0. The third kappa shape index (κ3) is 1.16. The van der Waals surface area contributed by atoms with E-state index in [0.29, 0.717) is 14.2 Å². The molecule has 0 aliphatic rings. The second-order valence-corrected chi connectivity index (χ2v) is 3.52. The maximum Gasteiger partial charge on any atom is 0.367 e. The van der Waals surface area contributed by atoms with E-state index in [1.54, 1.807) is 5.51 Å². The van der Waals surface area contributed by atoms with Gasteiger partial charge in [-0.25, -0.2) is 9.78 Å². The van der Waals surface area contributed by atoms with Crippen LogP contribution < -0.4 is 5.63 Å². The fourth-order valence-electron chi connectivity index (χ4n) is 0.687. The Bertz CT molecular complexity index is 449. The van der Waals surface area contributed by atoms with Crippen LogP contribution in [0.2, 0.25) is 0 Å². The molecule has 56 valence electrons. The molecule has 0 saturated carbocycles. The van der Waals surface area contributed by atoms with Gasteiger partial charge in [-0.2, -0.15) is 4.98 Å². The fraction of sp³-hybridized carbons (Fsp3) is 0. The van der Waals surface area contributed by atoms with Crippen LogP contribution in [0.5, 0.6) is 0 Å². The average molecular weight is 280 g/mol. The van der Waals surface area contributed by atoms with E-state index in [9.17, 15) is 4.79 Å². The lowest BCUT2D eigenvalue weighted by atomic mass is 10.6. The van der Waals surface area contributed by atoms with Gasteiger partial charge in [0.15, 0.2) is 10.3 Å². The second kappa shape index (κ2) is 2.52. The quantitative estimate of drug-likeness (QED) is 0.681. The molecule has 0 bridgehead atoms. The zero-order valence-electron chi connectivity index (χ0n) is 5.07. The third-order valence-corrected chi connectivity index (χ3v) is 2.29. The lowest BCUT2D eigenvalue weighted by molar-refractivity contribution is 0.468. The number of fused-ring (bicyclic) bond motifs is 1. The minimum absolute atomic E-state index is 0.315. The summed E-state index contributed by atoms with van der Waals surface area (Å²) in [6, 6.07) is 0. The number of rotatable bonds is 0. The van der Waals surface area contributed by atoms with Crippen molar-refractivity contribution in [2.24, 2.45) is 0 Å². The van der Waals surface area contributed by atoms with E-state index in [2.05, 4.69) is 9.97 Å². The summed E-state index contributed by atoms with van der Waals surface area (Å²) >= 11 is 3.18. The SMILES string of the molecule is O=c1oc(I)nc2scnc12. The summed E-state index contributed by atoms with van der Waals surface area (Å²) in [4.78, 5) is 19.4. The molecule has 2 aromatic heterocycles. The smallest absolute Gasteiger partial charge is 0.367 e.